The van der Waals surface area contributed by atoms with Crippen LogP contribution in [0.25, 0.3) is 0 Å². The summed E-state index contributed by atoms with van der Waals surface area (Å²) >= 11 is 0. The van der Waals surface area contributed by atoms with Gasteiger partial charge in [0.1, 0.15) is 5.75 Å². The number of methoxy groups -OCH3 is 1. The molecule has 1 aromatic heterocycles. The summed E-state index contributed by atoms with van der Waals surface area (Å²) in [6.45, 7) is 3.54. The van der Waals surface area contributed by atoms with Gasteiger partial charge in [0.15, 0.2) is 5.67 Å². The van der Waals surface area contributed by atoms with Gasteiger partial charge in [0.25, 0.3) is 0 Å². The van der Waals surface area contributed by atoms with Crippen molar-refractivity contribution in [1.82, 2.24) is 4.98 Å². The van der Waals surface area contributed by atoms with E-state index in [-0.39, 0.29) is 12.5 Å². The van der Waals surface area contributed by atoms with Gasteiger partial charge in [-0.25, -0.2) is 4.39 Å². The first kappa shape index (κ1) is 11.9. The lowest BCUT2D eigenvalue weighted by atomic mass is 9.86. The van der Waals surface area contributed by atoms with Crippen LogP contribution in [0.15, 0.2) is 18.5 Å². The summed E-state index contributed by atoms with van der Waals surface area (Å²) in [5.74, 6) is 0.347. The summed E-state index contributed by atoms with van der Waals surface area (Å²) in [5, 5.41) is 0. The molecule has 0 amide bonds. The smallest absolute Gasteiger partial charge is 0.152 e. The molecule has 0 aliphatic rings. The lowest BCUT2D eigenvalue weighted by molar-refractivity contribution is 0.108. The SMILES string of the molecule is COc1cncc(C(F)(CN)C(C)C)c1. The number of pyridine rings is 1. The van der Waals surface area contributed by atoms with Gasteiger partial charge in [-0.15, -0.1) is 0 Å². The average Bonchev–Trinajstić information content (AvgIpc) is 2.27. The molecule has 4 heteroatoms. The minimum Gasteiger partial charge on any atom is -0.495 e. The molecule has 0 fully saturated rings. The molecule has 0 saturated heterocycles. The molecule has 15 heavy (non-hydrogen) atoms. The van der Waals surface area contributed by atoms with Gasteiger partial charge >= 0.3 is 0 Å². The third-order valence-corrected chi connectivity index (χ3v) is 2.64. The topological polar surface area (TPSA) is 48.1 Å². The quantitative estimate of drug-likeness (QED) is 0.828. The second kappa shape index (κ2) is 4.57. The van der Waals surface area contributed by atoms with Gasteiger partial charge in [-0.2, -0.15) is 0 Å². The van der Waals surface area contributed by atoms with Crippen LogP contribution in [0.3, 0.4) is 0 Å². The van der Waals surface area contributed by atoms with E-state index >= 15 is 0 Å². The zero-order valence-electron chi connectivity index (χ0n) is 9.33. The zero-order valence-corrected chi connectivity index (χ0v) is 9.33. The molecule has 1 atom stereocenters. The number of alkyl halides is 1. The Balaban J connectivity index is 3.12. The van der Waals surface area contributed by atoms with Crippen LogP contribution < -0.4 is 10.5 Å². The van der Waals surface area contributed by atoms with Gasteiger partial charge in [-0.05, 0) is 12.0 Å². The molecule has 0 saturated carbocycles. The second-order valence-electron chi connectivity index (χ2n) is 3.83. The van der Waals surface area contributed by atoms with Crippen molar-refractivity contribution in [3.05, 3.63) is 24.0 Å². The molecular formula is C11H17FN2O. The molecule has 0 aliphatic carbocycles. The van der Waals surface area contributed by atoms with Crippen molar-refractivity contribution in [2.75, 3.05) is 13.7 Å². The molecule has 0 aliphatic heterocycles. The van der Waals surface area contributed by atoms with Crippen LogP contribution in [-0.2, 0) is 5.67 Å². The summed E-state index contributed by atoms with van der Waals surface area (Å²) in [6.07, 6.45) is 3.04. The largest absolute Gasteiger partial charge is 0.495 e. The second-order valence-corrected chi connectivity index (χ2v) is 3.83. The van der Waals surface area contributed by atoms with Crippen LogP contribution >= 0.6 is 0 Å². The fourth-order valence-corrected chi connectivity index (χ4v) is 1.44. The van der Waals surface area contributed by atoms with E-state index in [9.17, 15) is 4.39 Å². The van der Waals surface area contributed by atoms with Crippen LogP contribution in [0.5, 0.6) is 5.75 Å². The Hall–Kier alpha value is -1.16. The third-order valence-electron chi connectivity index (χ3n) is 2.64. The maximum absolute atomic E-state index is 14.5. The van der Waals surface area contributed by atoms with E-state index in [4.69, 9.17) is 10.5 Å². The molecule has 0 aromatic carbocycles. The molecule has 0 spiro atoms. The number of rotatable bonds is 4. The van der Waals surface area contributed by atoms with E-state index < -0.39 is 5.67 Å². The van der Waals surface area contributed by atoms with Crippen LogP contribution in [0.4, 0.5) is 4.39 Å². The van der Waals surface area contributed by atoms with E-state index in [1.807, 2.05) is 0 Å². The number of ether oxygens (including phenoxy) is 1. The van der Waals surface area contributed by atoms with Crippen molar-refractivity contribution in [1.29, 1.82) is 0 Å². The Morgan fingerprint density at radius 3 is 2.67 bits per heavy atom. The lowest BCUT2D eigenvalue weighted by Crippen LogP contribution is -2.35. The first-order valence-electron chi connectivity index (χ1n) is 4.93. The Labute approximate surface area is 89.5 Å². The number of hydrogen-bond acceptors (Lipinski definition) is 3. The highest BCUT2D eigenvalue weighted by Crippen LogP contribution is 2.33. The highest BCUT2D eigenvalue weighted by molar-refractivity contribution is 5.29. The van der Waals surface area contributed by atoms with Crippen molar-refractivity contribution < 1.29 is 9.13 Å². The lowest BCUT2D eigenvalue weighted by Gasteiger charge is -2.28. The van der Waals surface area contributed by atoms with Gasteiger partial charge in [0, 0.05) is 18.3 Å². The molecule has 1 aromatic rings. The molecule has 1 heterocycles. The minimum absolute atomic E-state index is 0.0560. The molecule has 2 N–H and O–H groups in total. The van der Waals surface area contributed by atoms with Gasteiger partial charge in [0.05, 0.1) is 13.3 Å². The first-order valence-corrected chi connectivity index (χ1v) is 4.93. The van der Waals surface area contributed by atoms with Gasteiger partial charge in [-0.1, -0.05) is 13.8 Å². The predicted molar refractivity (Wildman–Crippen MR) is 57.5 cm³/mol. The summed E-state index contributed by atoms with van der Waals surface area (Å²) in [4.78, 5) is 3.93. The maximum atomic E-state index is 14.5. The molecule has 3 nitrogen and oxygen atoms in total. The predicted octanol–water partition coefficient (Wildman–Crippen LogP) is 1.87. The highest BCUT2D eigenvalue weighted by Gasteiger charge is 2.34. The molecule has 1 unspecified atom stereocenters. The Morgan fingerprint density at radius 2 is 2.20 bits per heavy atom. The average molecular weight is 212 g/mol. The molecule has 0 bridgehead atoms. The zero-order chi connectivity index (χ0) is 11.5. The Kier molecular flexibility index (Phi) is 3.63. The van der Waals surface area contributed by atoms with E-state index in [1.54, 1.807) is 26.1 Å². The minimum atomic E-state index is -1.54. The molecule has 1 rings (SSSR count). The number of hydrogen-bond donors (Lipinski definition) is 1. The molecular weight excluding hydrogens is 195 g/mol. The molecule has 84 valence electrons. The number of halogens is 1. The van der Waals surface area contributed by atoms with Gasteiger partial charge in [0.2, 0.25) is 0 Å². The summed E-state index contributed by atoms with van der Waals surface area (Å²) in [6, 6.07) is 1.64. The van der Waals surface area contributed by atoms with Crippen LogP contribution in [0, 0.1) is 5.92 Å². The van der Waals surface area contributed by atoms with Crippen molar-refractivity contribution in [2.24, 2.45) is 11.7 Å². The van der Waals surface area contributed by atoms with Gasteiger partial charge in [-0.3, -0.25) is 4.98 Å². The van der Waals surface area contributed by atoms with Crippen LogP contribution in [-0.4, -0.2) is 18.6 Å². The summed E-state index contributed by atoms with van der Waals surface area (Å²) in [7, 11) is 1.53. The van der Waals surface area contributed by atoms with Crippen molar-refractivity contribution in [3.63, 3.8) is 0 Å². The van der Waals surface area contributed by atoms with Crippen LogP contribution in [0.1, 0.15) is 19.4 Å². The van der Waals surface area contributed by atoms with E-state index in [0.717, 1.165) is 0 Å². The Bertz CT molecular complexity index is 330. The molecule has 0 radical (unpaired) electrons. The number of nitrogens with two attached hydrogens (primary N) is 1. The summed E-state index contributed by atoms with van der Waals surface area (Å²) in [5.41, 5.74) is 4.42. The van der Waals surface area contributed by atoms with E-state index in [2.05, 4.69) is 4.98 Å². The Morgan fingerprint density at radius 1 is 1.53 bits per heavy atom. The number of aromatic nitrogens is 1. The third kappa shape index (κ3) is 2.26. The highest BCUT2D eigenvalue weighted by atomic mass is 19.1. The van der Waals surface area contributed by atoms with Crippen molar-refractivity contribution in [2.45, 2.75) is 19.5 Å². The fraction of sp³-hybridized carbons (Fsp3) is 0.545. The maximum Gasteiger partial charge on any atom is 0.152 e. The first-order chi connectivity index (χ1) is 7.04. The number of nitrogens with zero attached hydrogens (tertiary/aromatic N) is 1. The standard InChI is InChI=1S/C11H17FN2O/c1-8(2)11(12,7-13)9-4-10(15-3)6-14-5-9/h4-6,8H,7,13H2,1-3H3. The van der Waals surface area contributed by atoms with Crippen LogP contribution in [0.2, 0.25) is 0 Å². The van der Waals surface area contributed by atoms with Crippen molar-refractivity contribution in [3.8, 4) is 5.75 Å². The fourth-order valence-electron chi connectivity index (χ4n) is 1.44. The normalized spacial score (nSPS) is 15.1. The van der Waals surface area contributed by atoms with Gasteiger partial charge < -0.3 is 10.5 Å². The summed E-state index contributed by atoms with van der Waals surface area (Å²) < 4.78 is 19.5. The van der Waals surface area contributed by atoms with E-state index in [1.165, 1.54) is 13.3 Å². The van der Waals surface area contributed by atoms with Crippen molar-refractivity contribution >= 4 is 0 Å². The monoisotopic (exact) mass is 212 g/mol. The van der Waals surface area contributed by atoms with E-state index in [0.29, 0.717) is 11.3 Å².